The summed E-state index contributed by atoms with van der Waals surface area (Å²) in [6.07, 6.45) is 2.73. The summed E-state index contributed by atoms with van der Waals surface area (Å²) in [5.74, 6) is -0.701. The van der Waals surface area contributed by atoms with Crippen molar-refractivity contribution in [3.8, 4) is 11.3 Å². The molecule has 1 aromatic carbocycles. The van der Waals surface area contributed by atoms with Gasteiger partial charge in [0.2, 0.25) is 5.91 Å². The quantitative estimate of drug-likeness (QED) is 0.910. The summed E-state index contributed by atoms with van der Waals surface area (Å²) in [4.78, 5) is 17.9. The van der Waals surface area contributed by atoms with Gasteiger partial charge in [-0.05, 0) is 18.6 Å². The first-order chi connectivity index (χ1) is 11.6. The van der Waals surface area contributed by atoms with Crippen molar-refractivity contribution >= 4 is 5.91 Å². The Bertz CT molecular complexity index is 732. The molecule has 0 aliphatic carbocycles. The molecular formula is C17H18F2N2O3. The van der Waals surface area contributed by atoms with Crippen LogP contribution in [0.15, 0.2) is 28.8 Å². The fourth-order valence-electron chi connectivity index (χ4n) is 2.82. The van der Waals surface area contributed by atoms with Crippen LogP contribution >= 0.6 is 0 Å². The second-order valence-corrected chi connectivity index (χ2v) is 5.92. The molecule has 128 valence electrons. The van der Waals surface area contributed by atoms with Crippen LogP contribution in [-0.2, 0) is 11.2 Å². The molecule has 1 aromatic heterocycles. The third-order valence-electron chi connectivity index (χ3n) is 4.20. The molecular weight excluding hydrogens is 318 g/mol. The first-order valence-corrected chi connectivity index (χ1v) is 7.85. The highest BCUT2D eigenvalue weighted by atomic mass is 19.1. The molecule has 1 unspecified atom stereocenters. The first kappa shape index (κ1) is 16.6. The summed E-state index contributed by atoms with van der Waals surface area (Å²) in [7, 11) is 0. The third-order valence-corrected chi connectivity index (χ3v) is 4.20. The van der Waals surface area contributed by atoms with E-state index in [1.165, 1.54) is 12.3 Å². The summed E-state index contributed by atoms with van der Waals surface area (Å²) < 4.78 is 32.1. The SMILES string of the molecule is O=C(CCc1ncc(-c2ccc(F)cc2F)o1)N1CCC(CO)C1. The molecule has 24 heavy (non-hydrogen) atoms. The number of rotatable bonds is 5. The van der Waals surface area contributed by atoms with Gasteiger partial charge in [0, 0.05) is 44.5 Å². The molecule has 3 rings (SSSR count). The second kappa shape index (κ2) is 7.09. The van der Waals surface area contributed by atoms with E-state index in [1.807, 2.05) is 0 Å². The van der Waals surface area contributed by atoms with Crippen LogP contribution < -0.4 is 0 Å². The predicted octanol–water partition coefficient (Wildman–Crippen LogP) is 2.39. The van der Waals surface area contributed by atoms with Gasteiger partial charge in [0.15, 0.2) is 11.7 Å². The van der Waals surface area contributed by atoms with Crippen LogP contribution in [0.3, 0.4) is 0 Å². The Morgan fingerprint density at radius 2 is 2.25 bits per heavy atom. The molecule has 1 atom stereocenters. The molecule has 1 N–H and O–H groups in total. The number of amides is 1. The molecule has 0 spiro atoms. The predicted molar refractivity (Wildman–Crippen MR) is 81.9 cm³/mol. The van der Waals surface area contributed by atoms with Crippen molar-refractivity contribution in [2.75, 3.05) is 19.7 Å². The number of likely N-dealkylation sites (tertiary alicyclic amines) is 1. The third kappa shape index (κ3) is 3.62. The molecule has 2 heterocycles. The average Bonchev–Trinajstić information content (AvgIpc) is 3.22. The van der Waals surface area contributed by atoms with Crippen LogP contribution in [0.2, 0.25) is 0 Å². The van der Waals surface area contributed by atoms with E-state index in [9.17, 15) is 13.6 Å². The number of nitrogens with zero attached hydrogens (tertiary/aromatic N) is 2. The Labute approximate surface area is 137 Å². The minimum atomic E-state index is -0.721. The van der Waals surface area contributed by atoms with Gasteiger partial charge in [0.25, 0.3) is 0 Å². The van der Waals surface area contributed by atoms with Crippen LogP contribution in [0.1, 0.15) is 18.7 Å². The van der Waals surface area contributed by atoms with Crippen molar-refractivity contribution in [2.45, 2.75) is 19.3 Å². The van der Waals surface area contributed by atoms with Gasteiger partial charge in [-0.1, -0.05) is 0 Å². The zero-order valence-corrected chi connectivity index (χ0v) is 13.0. The smallest absolute Gasteiger partial charge is 0.223 e. The largest absolute Gasteiger partial charge is 0.441 e. The van der Waals surface area contributed by atoms with Gasteiger partial charge in [0.1, 0.15) is 11.6 Å². The van der Waals surface area contributed by atoms with Crippen molar-refractivity contribution in [1.82, 2.24) is 9.88 Å². The van der Waals surface area contributed by atoms with Crippen molar-refractivity contribution in [2.24, 2.45) is 5.92 Å². The van der Waals surface area contributed by atoms with Crippen molar-refractivity contribution in [3.05, 3.63) is 41.9 Å². The average molecular weight is 336 g/mol. The highest BCUT2D eigenvalue weighted by Gasteiger charge is 2.25. The molecule has 1 saturated heterocycles. The summed E-state index contributed by atoms with van der Waals surface area (Å²) in [5.41, 5.74) is 0.131. The van der Waals surface area contributed by atoms with Crippen LogP contribution in [0.5, 0.6) is 0 Å². The normalized spacial score (nSPS) is 17.5. The van der Waals surface area contributed by atoms with Crippen LogP contribution in [0, 0.1) is 17.6 Å². The lowest BCUT2D eigenvalue weighted by Gasteiger charge is -2.15. The Balaban J connectivity index is 1.59. The van der Waals surface area contributed by atoms with E-state index < -0.39 is 11.6 Å². The number of aliphatic hydroxyl groups is 1. The van der Waals surface area contributed by atoms with Crippen molar-refractivity contribution in [3.63, 3.8) is 0 Å². The lowest BCUT2D eigenvalue weighted by atomic mass is 10.1. The number of halogens is 2. The number of oxazole rings is 1. The molecule has 0 saturated carbocycles. The molecule has 1 aliphatic rings. The van der Waals surface area contributed by atoms with E-state index in [0.717, 1.165) is 18.6 Å². The molecule has 1 fully saturated rings. The topological polar surface area (TPSA) is 66.6 Å². The van der Waals surface area contributed by atoms with Gasteiger partial charge >= 0.3 is 0 Å². The highest BCUT2D eigenvalue weighted by molar-refractivity contribution is 5.76. The molecule has 0 radical (unpaired) electrons. The van der Waals surface area contributed by atoms with Crippen LogP contribution in [0.4, 0.5) is 8.78 Å². The monoisotopic (exact) mass is 336 g/mol. The lowest BCUT2D eigenvalue weighted by molar-refractivity contribution is -0.130. The van der Waals surface area contributed by atoms with E-state index in [1.54, 1.807) is 4.90 Å². The van der Waals surface area contributed by atoms with E-state index in [4.69, 9.17) is 9.52 Å². The molecule has 1 amide bonds. The number of carbonyl (C=O) groups is 1. The number of aromatic nitrogens is 1. The Hall–Kier alpha value is -2.28. The fourth-order valence-corrected chi connectivity index (χ4v) is 2.82. The number of benzene rings is 1. The number of hydrogen-bond donors (Lipinski definition) is 1. The first-order valence-electron chi connectivity index (χ1n) is 7.85. The van der Waals surface area contributed by atoms with Gasteiger partial charge < -0.3 is 14.4 Å². The molecule has 1 aliphatic heterocycles. The standard InChI is InChI=1S/C17H18F2N2O3/c18-12-1-2-13(14(19)7-12)15-8-20-16(24-15)3-4-17(23)21-6-5-11(9-21)10-22/h1-2,7-8,11,22H,3-6,9-10H2. The van der Waals surface area contributed by atoms with Gasteiger partial charge in [-0.15, -0.1) is 0 Å². The van der Waals surface area contributed by atoms with Crippen molar-refractivity contribution < 1.29 is 23.1 Å². The molecule has 0 bridgehead atoms. The van der Waals surface area contributed by atoms with Crippen molar-refractivity contribution in [1.29, 1.82) is 0 Å². The zero-order chi connectivity index (χ0) is 17.1. The highest BCUT2D eigenvalue weighted by Crippen LogP contribution is 2.25. The number of aryl methyl sites for hydroxylation is 1. The zero-order valence-electron chi connectivity index (χ0n) is 13.0. The maximum absolute atomic E-state index is 13.7. The Morgan fingerprint density at radius 3 is 2.96 bits per heavy atom. The molecule has 2 aromatic rings. The Morgan fingerprint density at radius 1 is 1.42 bits per heavy atom. The molecule has 7 heteroatoms. The van der Waals surface area contributed by atoms with E-state index in [-0.39, 0.29) is 36.2 Å². The van der Waals surface area contributed by atoms with E-state index in [0.29, 0.717) is 25.4 Å². The van der Waals surface area contributed by atoms with Gasteiger partial charge in [-0.3, -0.25) is 4.79 Å². The summed E-state index contributed by atoms with van der Waals surface area (Å²) >= 11 is 0. The summed E-state index contributed by atoms with van der Waals surface area (Å²) in [6, 6.07) is 3.22. The lowest BCUT2D eigenvalue weighted by Crippen LogP contribution is -2.29. The second-order valence-electron chi connectivity index (χ2n) is 5.92. The fraction of sp³-hybridized carbons (Fsp3) is 0.412. The van der Waals surface area contributed by atoms with Gasteiger partial charge in [0.05, 0.1) is 11.8 Å². The van der Waals surface area contributed by atoms with Gasteiger partial charge in [-0.2, -0.15) is 0 Å². The van der Waals surface area contributed by atoms with Gasteiger partial charge in [-0.25, -0.2) is 13.8 Å². The van der Waals surface area contributed by atoms with Crippen LogP contribution in [0.25, 0.3) is 11.3 Å². The van der Waals surface area contributed by atoms with E-state index in [2.05, 4.69) is 4.98 Å². The number of aliphatic hydroxyl groups excluding tert-OH is 1. The summed E-state index contributed by atoms with van der Waals surface area (Å²) in [5, 5.41) is 9.11. The molecule has 5 nitrogen and oxygen atoms in total. The minimum Gasteiger partial charge on any atom is -0.441 e. The number of hydrogen-bond acceptors (Lipinski definition) is 4. The Kier molecular flexibility index (Phi) is 4.89. The maximum atomic E-state index is 13.7. The maximum Gasteiger partial charge on any atom is 0.223 e. The van der Waals surface area contributed by atoms with Crippen LogP contribution in [-0.4, -0.2) is 40.6 Å². The minimum absolute atomic E-state index is 0.0151. The van der Waals surface area contributed by atoms with E-state index >= 15 is 0 Å². The summed E-state index contributed by atoms with van der Waals surface area (Å²) in [6.45, 7) is 1.32. The number of carbonyl (C=O) groups excluding carboxylic acids is 1.